The third kappa shape index (κ3) is 5.81. The number of benzene rings is 3. The molecule has 1 aliphatic rings. The van der Waals surface area contributed by atoms with Crippen molar-refractivity contribution in [1.82, 2.24) is 0 Å². The molecule has 1 aliphatic heterocycles. The molecule has 1 unspecified atom stereocenters. The second-order valence-electron chi connectivity index (χ2n) is 10.1. The van der Waals surface area contributed by atoms with E-state index in [1.807, 2.05) is 42.2 Å². The molecule has 5 rings (SSSR count). The number of aryl methyl sites for hydroxylation is 1. The smallest absolute Gasteiger partial charge is 0.491 e. The van der Waals surface area contributed by atoms with Gasteiger partial charge < -0.3 is 24.1 Å². The van der Waals surface area contributed by atoms with Crippen molar-refractivity contribution in [2.24, 2.45) is 0 Å². The van der Waals surface area contributed by atoms with E-state index < -0.39 is 24.2 Å². The molecule has 0 bridgehead atoms. The number of methoxy groups -OCH3 is 1. The minimum absolute atomic E-state index is 0.142. The summed E-state index contributed by atoms with van der Waals surface area (Å²) in [6.07, 6.45) is -5.31. The topological polar surface area (TPSA) is 98.1 Å². The second-order valence-corrected chi connectivity index (χ2v) is 10.1. The van der Waals surface area contributed by atoms with Crippen molar-refractivity contribution in [2.45, 2.75) is 32.0 Å². The number of esters is 2. The van der Waals surface area contributed by atoms with Crippen LogP contribution in [-0.2, 0) is 9.53 Å². The third-order valence-corrected chi connectivity index (χ3v) is 7.17. The van der Waals surface area contributed by atoms with E-state index in [2.05, 4.69) is 10.1 Å². The van der Waals surface area contributed by atoms with Crippen LogP contribution in [0, 0.1) is 6.92 Å². The summed E-state index contributed by atoms with van der Waals surface area (Å²) >= 11 is 0. The van der Waals surface area contributed by atoms with Gasteiger partial charge >= 0.3 is 18.1 Å². The molecule has 1 aromatic heterocycles. The predicted octanol–water partition coefficient (Wildman–Crippen LogP) is 6.13. The average molecular weight is 581 g/mol. The SMILES string of the molecule is COc1ccc(C2CN(c3cc(=O)c4cc(C)cc(C(C)Nc5ccccc5C(=O)OC(=O)C(F)(F)F)c4o3)C2)cc1. The molecular formula is C31H27F3N2O6. The van der Waals surface area contributed by atoms with Crippen LogP contribution < -0.4 is 20.4 Å². The van der Waals surface area contributed by atoms with Gasteiger partial charge in [0.25, 0.3) is 0 Å². The Morgan fingerprint density at radius 3 is 2.40 bits per heavy atom. The molecule has 1 N–H and O–H groups in total. The predicted molar refractivity (Wildman–Crippen MR) is 150 cm³/mol. The van der Waals surface area contributed by atoms with E-state index in [4.69, 9.17) is 9.15 Å². The lowest BCUT2D eigenvalue weighted by molar-refractivity contribution is -0.193. The molecule has 42 heavy (non-hydrogen) atoms. The number of hydrogen-bond donors (Lipinski definition) is 1. The monoisotopic (exact) mass is 580 g/mol. The molecule has 0 saturated carbocycles. The average Bonchev–Trinajstić information content (AvgIpc) is 2.92. The van der Waals surface area contributed by atoms with Crippen molar-refractivity contribution >= 4 is 34.5 Å². The van der Waals surface area contributed by atoms with Crippen LogP contribution in [0.5, 0.6) is 5.75 Å². The molecule has 0 aliphatic carbocycles. The highest BCUT2D eigenvalue weighted by Crippen LogP contribution is 2.35. The normalized spacial score (nSPS) is 14.3. The van der Waals surface area contributed by atoms with E-state index in [0.717, 1.165) is 16.9 Å². The quantitative estimate of drug-likeness (QED) is 0.206. The Hall–Kier alpha value is -4.80. The van der Waals surface area contributed by atoms with Crippen molar-refractivity contribution in [1.29, 1.82) is 0 Å². The van der Waals surface area contributed by atoms with Crippen LogP contribution in [0.1, 0.15) is 45.9 Å². The number of hydrogen-bond acceptors (Lipinski definition) is 8. The van der Waals surface area contributed by atoms with Crippen LogP contribution in [0.15, 0.2) is 75.9 Å². The van der Waals surface area contributed by atoms with Gasteiger partial charge in [-0.25, -0.2) is 9.59 Å². The zero-order valence-electron chi connectivity index (χ0n) is 23.0. The summed E-state index contributed by atoms with van der Waals surface area (Å²) in [7, 11) is 1.61. The maximum absolute atomic E-state index is 13.2. The zero-order valence-corrected chi connectivity index (χ0v) is 23.0. The number of carbonyl (C=O) groups is 2. The minimum atomic E-state index is -5.31. The Bertz CT molecular complexity index is 1710. The van der Waals surface area contributed by atoms with Crippen molar-refractivity contribution in [3.8, 4) is 5.75 Å². The summed E-state index contributed by atoms with van der Waals surface area (Å²) in [5.41, 5.74) is 2.56. The van der Waals surface area contributed by atoms with Crippen molar-refractivity contribution in [3.63, 3.8) is 0 Å². The number of carbonyl (C=O) groups excluding carboxylic acids is 2. The van der Waals surface area contributed by atoms with Crippen LogP contribution in [0.4, 0.5) is 24.7 Å². The summed E-state index contributed by atoms with van der Waals surface area (Å²) in [5, 5.41) is 3.47. The van der Waals surface area contributed by atoms with E-state index in [9.17, 15) is 27.6 Å². The second kappa shape index (κ2) is 11.2. The first-order valence-electron chi connectivity index (χ1n) is 13.1. The van der Waals surface area contributed by atoms with Crippen LogP contribution in [0.3, 0.4) is 0 Å². The molecule has 0 spiro atoms. The van der Waals surface area contributed by atoms with Gasteiger partial charge in [0, 0.05) is 36.3 Å². The van der Waals surface area contributed by atoms with Gasteiger partial charge in [-0.1, -0.05) is 30.3 Å². The fraction of sp³-hybridized carbons (Fsp3) is 0.258. The molecule has 1 fully saturated rings. The van der Waals surface area contributed by atoms with Gasteiger partial charge in [-0.15, -0.1) is 0 Å². The Morgan fingerprint density at radius 1 is 1.05 bits per heavy atom. The van der Waals surface area contributed by atoms with Gasteiger partial charge in [0.05, 0.1) is 24.1 Å². The summed E-state index contributed by atoms with van der Waals surface area (Å²) in [4.78, 5) is 38.8. The summed E-state index contributed by atoms with van der Waals surface area (Å²) in [5.74, 6) is -2.59. The van der Waals surface area contributed by atoms with Gasteiger partial charge in [-0.05, 0) is 55.3 Å². The highest BCUT2D eigenvalue weighted by molar-refractivity contribution is 6.02. The lowest BCUT2D eigenvalue weighted by atomic mass is 9.91. The first-order chi connectivity index (χ1) is 19.9. The number of ether oxygens (including phenoxy) is 2. The standard InChI is InChI=1S/C31H27F3N2O6/c1-17-12-23(18(2)35-25-7-5-4-6-22(25)29(38)42-30(39)31(32,33)34)28-24(13-17)26(37)14-27(41-28)36-15-20(16-36)19-8-10-21(40-3)11-9-19/h4-14,18,20,35H,15-16H2,1-3H3. The fourth-order valence-corrected chi connectivity index (χ4v) is 4.94. The van der Waals surface area contributed by atoms with E-state index in [1.165, 1.54) is 24.3 Å². The maximum atomic E-state index is 13.2. The number of fused-ring (bicyclic) bond motifs is 1. The molecule has 0 radical (unpaired) electrons. The Morgan fingerprint density at radius 2 is 1.74 bits per heavy atom. The Kier molecular flexibility index (Phi) is 7.68. The Labute approximate surface area is 238 Å². The number of alkyl halides is 3. The maximum Gasteiger partial charge on any atom is 0.491 e. The molecule has 4 aromatic rings. The van der Waals surface area contributed by atoms with Crippen LogP contribution in [-0.4, -0.2) is 38.3 Å². The molecular weight excluding hydrogens is 553 g/mol. The van der Waals surface area contributed by atoms with Crippen molar-refractivity contribution in [2.75, 3.05) is 30.4 Å². The molecule has 218 valence electrons. The molecule has 1 atom stereocenters. The zero-order chi connectivity index (χ0) is 30.2. The lowest BCUT2D eigenvalue weighted by Gasteiger charge is -2.40. The largest absolute Gasteiger partial charge is 0.497 e. The van der Waals surface area contributed by atoms with E-state index in [1.54, 1.807) is 26.2 Å². The van der Waals surface area contributed by atoms with Crippen LogP contribution in [0.2, 0.25) is 0 Å². The van der Waals surface area contributed by atoms with Gasteiger partial charge in [0.2, 0.25) is 0 Å². The van der Waals surface area contributed by atoms with Gasteiger partial charge in [-0.2, -0.15) is 13.2 Å². The minimum Gasteiger partial charge on any atom is -0.497 e. The van der Waals surface area contributed by atoms with E-state index in [-0.39, 0.29) is 22.6 Å². The first-order valence-corrected chi connectivity index (χ1v) is 13.1. The molecule has 3 aromatic carbocycles. The van der Waals surface area contributed by atoms with Crippen molar-refractivity contribution < 1.29 is 36.7 Å². The summed E-state index contributed by atoms with van der Waals surface area (Å²) in [6, 6.07) is 18.0. The van der Waals surface area contributed by atoms with Gasteiger partial charge in [0.1, 0.15) is 11.3 Å². The molecule has 0 amide bonds. The van der Waals surface area contributed by atoms with Crippen LogP contribution in [0.25, 0.3) is 11.0 Å². The Balaban J connectivity index is 1.41. The third-order valence-electron chi connectivity index (χ3n) is 7.17. The molecule has 1 saturated heterocycles. The van der Waals surface area contributed by atoms with Crippen LogP contribution >= 0.6 is 0 Å². The van der Waals surface area contributed by atoms with Gasteiger partial charge in [-0.3, -0.25) is 4.79 Å². The van der Waals surface area contributed by atoms with Gasteiger partial charge in [0.15, 0.2) is 11.3 Å². The highest BCUT2D eigenvalue weighted by atomic mass is 19.4. The number of rotatable bonds is 7. The van der Waals surface area contributed by atoms with E-state index >= 15 is 0 Å². The highest BCUT2D eigenvalue weighted by Gasteiger charge is 2.42. The number of nitrogens with zero attached hydrogens (tertiary/aromatic N) is 1. The molecule has 11 heteroatoms. The fourth-order valence-electron chi connectivity index (χ4n) is 4.94. The molecule has 8 nitrogen and oxygen atoms in total. The number of para-hydroxylation sites is 1. The lowest BCUT2D eigenvalue weighted by Crippen LogP contribution is -2.45. The molecule has 2 heterocycles. The summed E-state index contributed by atoms with van der Waals surface area (Å²) in [6.45, 7) is 4.89. The summed E-state index contributed by atoms with van der Waals surface area (Å²) < 4.78 is 53.5. The van der Waals surface area contributed by atoms with E-state index in [0.29, 0.717) is 35.5 Å². The number of anilines is 2. The number of halogens is 3. The van der Waals surface area contributed by atoms with Crippen molar-refractivity contribution in [3.05, 3.63) is 99.2 Å². The first kappa shape index (κ1) is 28.7. The number of nitrogens with one attached hydrogen (secondary N) is 1.